The highest BCUT2D eigenvalue weighted by Crippen LogP contribution is 2.14. The van der Waals surface area contributed by atoms with Crippen molar-refractivity contribution in [1.82, 2.24) is 10.2 Å². The lowest BCUT2D eigenvalue weighted by atomic mass is 10.1. The zero-order valence-electron chi connectivity index (χ0n) is 11.0. The van der Waals surface area contributed by atoms with E-state index in [1.807, 2.05) is 0 Å². The number of hydrogen-bond acceptors (Lipinski definition) is 5. The van der Waals surface area contributed by atoms with E-state index in [2.05, 4.69) is 17.1 Å². The molecule has 2 rings (SSSR count). The first-order chi connectivity index (χ1) is 8.46. The van der Waals surface area contributed by atoms with Gasteiger partial charge in [-0.05, 0) is 38.4 Å². The number of sulfone groups is 1. The van der Waals surface area contributed by atoms with Crippen LogP contribution >= 0.6 is 0 Å². The monoisotopic (exact) mass is 276 g/mol. The Balaban J connectivity index is 1.71. The molecular formula is C12H24N2O3S. The molecule has 2 aliphatic rings. The molecule has 0 aromatic rings. The third kappa shape index (κ3) is 3.91. The maximum atomic E-state index is 11.4. The van der Waals surface area contributed by atoms with E-state index in [1.54, 1.807) is 0 Å². The van der Waals surface area contributed by atoms with Gasteiger partial charge in [0.25, 0.3) is 0 Å². The molecule has 2 aliphatic heterocycles. The van der Waals surface area contributed by atoms with Crippen molar-refractivity contribution in [3.8, 4) is 0 Å². The zero-order valence-corrected chi connectivity index (χ0v) is 11.8. The summed E-state index contributed by atoms with van der Waals surface area (Å²) >= 11 is 0. The highest BCUT2D eigenvalue weighted by Gasteiger charge is 2.36. The predicted octanol–water partition coefficient (Wildman–Crippen LogP) is -0.534. The molecule has 3 atom stereocenters. The summed E-state index contributed by atoms with van der Waals surface area (Å²) in [7, 11) is -3.04. The van der Waals surface area contributed by atoms with Gasteiger partial charge in [0, 0.05) is 12.6 Å². The largest absolute Gasteiger partial charge is 0.390 e. The van der Waals surface area contributed by atoms with Crippen LogP contribution in [0.25, 0.3) is 0 Å². The second-order valence-corrected chi connectivity index (χ2v) is 7.93. The number of nitrogens with one attached hydrogen (secondary N) is 1. The number of rotatable bonds is 5. The van der Waals surface area contributed by atoms with Crippen molar-refractivity contribution in [2.24, 2.45) is 5.92 Å². The SMILES string of the molecule is CC(CNC1CS(=O)(=O)CC1O)CN1CCCC1. The molecule has 0 amide bonds. The van der Waals surface area contributed by atoms with Crippen molar-refractivity contribution in [2.75, 3.05) is 37.7 Å². The van der Waals surface area contributed by atoms with E-state index in [9.17, 15) is 13.5 Å². The van der Waals surface area contributed by atoms with Crippen molar-refractivity contribution < 1.29 is 13.5 Å². The Morgan fingerprint density at radius 2 is 2.00 bits per heavy atom. The highest BCUT2D eigenvalue weighted by molar-refractivity contribution is 7.91. The van der Waals surface area contributed by atoms with E-state index in [1.165, 1.54) is 25.9 Å². The van der Waals surface area contributed by atoms with Gasteiger partial charge in [-0.3, -0.25) is 0 Å². The summed E-state index contributed by atoms with van der Waals surface area (Å²) in [6, 6.07) is -0.281. The Kier molecular flexibility index (Phi) is 4.64. The average Bonchev–Trinajstić information content (AvgIpc) is 2.83. The topological polar surface area (TPSA) is 69.6 Å². The molecule has 2 heterocycles. The summed E-state index contributed by atoms with van der Waals surface area (Å²) in [6.45, 7) is 6.37. The molecule has 0 radical (unpaired) electrons. The molecule has 0 aromatic heterocycles. The fourth-order valence-corrected chi connectivity index (χ4v) is 4.62. The van der Waals surface area contributed by atoms with Gasteiger partial charge in [-0.25, -0.2) is 8.42 Å². The Bertz CT molecular complexity index is 366. The van der Waals surface area contributed by atoms with Crippen molar-refractivity contribution >= 4 is 9.84 Å². The van der Waals surface area contributed by atoms with Gasteiger partial charge in [-0.2, -0.15) is 0 Å². The maximum absolute atomic E-state index is 11.4. The van der Waals surface area contributed by atoms with Crippen LogP contribution in [0, 0.1) is 5.92 Å². The van der Waals surface area contributed by atoms with E-state index in [-0.39, 0.29) is 17.5 Å². The Morgan fingerprint density at radius 3 is 2.56 bits per heavy atom. The van der Waals surface area contributed by atoms with Crippen LogP contribution in [-0.2, 0) is 9.84 Å². The smallest absolute Gasteiger partial charge is 0.154 e. The molecule has 0 aliphatic carbocycles. The van der Waals surface area contributed by atoms with Crippen LogP contribution < -0.4 is 5.32 Å². The lowest BCUT2D eigenvalue weighted by Crippen LogP contribution is -2.42. The summed E-state index contributed by atoms with van der Waals surface area (Å²) in [6.07, 6.45) is 1.84. The minimum Gasteiger partial charge on any atom is -0.390 e. The Morgan fingerprint density at radius 1 is 1.33 bits per heavy atom. The fourth-order valence-electron chi connectivity index (χ4n) is 2.85. The molecule has 2 N–H and O–H groups in total. The van der Waals surface area contributed by atoms with E-state index in [0.717, 1.165) is 13.1 Å². The van der Waals surface area contributed by atoms with E-state index >= 15 is 0 Å². The van der Waals surface area contributed by atoms with Gasteiger partial charge in [-0.1, -0.05) is 6.92 Å². The van der Waals surface area contributed by atoms with Gasteiger partial charge in [0.2, 0.25) is 0 Å². The molecule has 0 bridgehead atoms. The minimum atomic E-state index is -3.04. The summed E-state index contributed by atoms with van der Waals surface area (Å²) < 4.78 is 22.7. The van der Waals surface area contributed by atoms with Crippen LogP contribution in [0.2, 0.25) is 0 Å². The molecule has 2 saturated heterocycles. The first-order valence-corrected chi connectivity index (χ1v) is 8.62. The first-order valence-electron chi connectivity index (χ1n) is 6.80. The Labute approximate surface area is 109 Å². The van der Waals surface area contributed by atoms with Crippen LogP contribution in [-0.4, -0.2) is 68.3 Å². The van der Waals surface area contributed by atoms with Crippen molar-refractivity contribution in [3.05, 3.63) is 0 Å². The fraction of sp³-hybridized carbons (Fsp3) is 1.00. The lowest BCUT2D eigenvalue weighted by molar-refractivity contribution is 0.161. The quantitative estimate of drug-likeness (QED) is 0.706. The summed E-state index contributed by atoms with van der Waals surface area (Å²) in [4.78, 5) is 2.45. The van der Waals surface area contributed by atoms with Gasteiger partial charge in [0.1, 0.15) is 0 Å². The molecule has 18 heavy (non-hydrogen) atoms. The number of likely N-dealkylation sites (tertiary alicyclic amines) is 1. The number of nitrogens with zero attached hydrogens (tertiary/aromatic N) is 1. The highest BCUT2D eigenvalue weighted by atomic mass is 32.2. The van der Waals surface area contributed by atoms with Crippen molar-refractivity contribution in [3.63, 3.8) is 0 Å². The average molecular weight is 276 g/mol. The predicted molar refractivity (Wildman–Crippen MR) is 71.3 cm³/mol. The molecule has 106 valence electrons. The summed E-state index contributed by atoms with van der Waals surface area (Å²) in [5.74, 6) is 0.467. The van der Waals surface area contributed by atoms with Gasteiger partial charge >= 0.3 is 0 Å². The molecule has 6 heteroatoms. The maximum Gasteiger partial charge on any atom is 0.154 e. The zero-order chi connectivity index (χ0) is 13.2. The number of aliphatic hydroxyl groups is 1. The molecule has 0 spiro atoms. The number of aliphatic hydroxyl groups excluding tert-OH is 1. The molecule has 0 saturated carbocycles. The normalized spacial score (nSPS) is 33.9. The molecule has 5 nitrogen and oxygen atoms in total. The van der Waals surface area contributed by atoms with E-state index < -0.39 is 15.9 Å². The molecule has 2 fully saturated rings. The van der Waals surface area contributed by atoms with Crippen LogP contribution in [0.1, 0.15) is 19.8 Å². The first kappa shape index (κ1) is 14.2. The Hall–Kier alpha value is -0.170. The second-order valence-electron chi connectivity index (χ2n) is 5.77. The third-order valence-electron chi connectivity index (χ3n) is 3.82. The van der Waals surface area contributed by atoms with Crippen LogP contribution in [0.4, 0.5) is 0 Å². The third-order valence-corrected chi connectivity index (χ3v) is 5.54. The molecule has 0 aromatic carbocycles. The summed E-state index contributed by atoms with van der Waals surface area (Å²) in [5, 5.41) is 12.9. The number of hydrogen-bond donors (Lipinski definition) is 2. The van der Waals surface area contributed by atoms with E-state index in [0.29, 0.717) is 5.92 Å². The van der Waals surface area contributed by atoms with Crippen LogP contribution in [0.15, 0.2) is 0 Å². The van der Waals surface area contributed by atoms with Gasteiger partial charge in [0.05, 0.1) is 17.6 Å². The van der Waals surface area contributed by atoms with Gasteiger partial charge in [0.15, 0.2) is 9.84 Å². The van der Waals surface area contributed by atoms with Crippen molar-refractivity contribution in [1.29, 1.82) is 0 Å². The minimum absolute atomic E-state index is 0.0740. The van der Waals surface area contributed by atoms with Crippen LogP contribution in [0.3, 0.4) is 0 Å². The van der Waals surface area contributed by atoms with Crippen LogP contribution in [0.5, 0.6) is 0 Å². The lowest BCUT2D eigenvalue weighted by Gasteiger charge is -2.23. The molecular weight excluding hydrogens is 252 g/mol. The summed E-state index contributed by atoms with van der Waals surface area (Å²) in [5.41, 5.74) is 0. The second kappa shape index (κ2) is 5.86. The van der Waals surface area contributed by atoms with Crippen molar-refractivity contribution in [2.45, 2.75) is 31.9 Å². The standard InChI is InChI=1S/C12H24N2O3S/c1-10(7-14-4-2-3-5-14)6-13-11-8-18(16,17)9-12(11)15/h10-13,15H,2-9H2,1H3. The molecule has 3 unspecified atom stereocenters. The van der Waals surface area contributed by atoms with Gasteiger partial charge < -0.3 is 15.3 Å². The van der Waals surface area contributed by atoms with Gasteiger partial charge in [-0.15, -0.1) is 0 Å². The van der Waals surface area contributed by atoms with E-state index in [4.69, 9.17) is 0 Å².